The van der Waals surface area contributed by atoms with Crippen LogP contribution in [0.25, 0.3) is 0 Å². The van der Waals surface area contributed by atoms with Gasteiger partial charge in [0, 0.05) is 44.3 Å². The molecule has 0 spiro atoms. The SMILES string of the molecule is CO[C@H]1C[C@H](c2nnc(C)o2)N(C(=O)c2cc(CC(C)C)[nH]c(=O)c2)C1. The number of pyridine rings is 1. The molecule has 1 amide bonds. The summed E-state index contributed by atoms with van der Waals surface area (Å²) < 4.78 is 11.0. The van der Waals surface area contributed by atoms with Crippen molar-refractivity contribution >= 4 is 5.91 Å². The Balaban J connectivity index is 1.91. The predicted octanol–water partition coefficient (Wildman–Crippen LogP) is 1.87. The van der Waals surface area contributed by atoms with Crippen LogP contribution in [0.15, 0.2) is 21.3 Å². The van der Waals surface area contributed by atoms with Crippen LogP contribution in [-0.2, 0) is 11.2 Å². The molecule has 26 heavy (non-hydrogen) atoms. The first-order valence-electron chi connectivity index (χ1n) is 8.74. The summed E-state index contributed by atoms with van der Waals surface area (Å²) in [5.41, 5.74) is 0.838. The number of aryl methyl sites for hydroxylation is 1. The highest BCUT2D eigenvalue weighted by Crippen LogP contribution is 2.33. The molecule has 8 nitrogen and oxygen atoms in total. The maximum atomic E-state index is 13.1. The van der Waals surface area contributed by atoms with Gasteiger partial charge in [0.2, 0.25) is 17.3 Å². The molecule has 2 aromatic rings. The Morgan fingerprint density at radius 2 is 2.19 bits per heavy atom. The summed E-state index contributed by atoms with van der Waals surface area (Å²) in [7, 11) is 1.61. The maximum Gasteiger partial charge on any atom is 0.254 e. The highest BCUT2D eigenvalue weighted by molar-refractivity contribution is 5.94. The van der Waals surface area contributed by atoms with Gasteiger partial charge in [-0.2, -0.15) is 0 Å². The summed E-state index contributed by atoms with van der Waals surface area (Å²) in [5.74, 6) is 0.975. The van der Waals surface area contributed by atoms with Crippen LogP contribution in [-0.4, -0.2) is 45.7 Å². The van der Waals surface area contributed by atoms with Gasteiger partial charge in [-0.05, 0) is 18.4 Å². The van der Waals surface area contributed by atoms with Gasteiger partial charge in [-0.25, -0.2) is 0 Å². The van der Waals surface area contributed by atoms with E-state index in [1.54, 1.807) is 25.0 Å². The molecule has 1 aliphatic rings. The van der Waals surface area contributed by atoms with Crippen LogP contribution in [0.3, 0.4) is 0 Å². The van der Waals surface area contributed by atoms with Gasteiger partial charge in [0.1, 0.15) is 6.04 Å². The number of rotatable bonds is 5. The third-order valence-electron chi connectivity index (χ3n) is 4.46. The van der Waals surface area contributed by atoms with E-state index in [9.17, 15) is 9.59 Å². The van der Waals surface area contributed by atoms with Crippen molar-refractivity contribution < 1.29 is 13.9 Å². The third kappa shape index (κ3) is 3.85. The lowest BCUT2D eigenvalue weighted by atomic mass is 10.1. The fourth-order valence-electron chi connectivity index (χ4n) is 3.31. The molecular formula is C18H24N4O4. The molecule has 1 fully saturated rings. The van der Waals surface area contributed by atoms with E-state index < -0.39 is 0 Å². The van der Waals surface area contributed by atoms with Crippen LogP contribution >= 0.6 is 0 Å². The quantitative estimate of drug-likeness (QED) is 0.873. The Kier molecular flexibility index (Phi) is 5.22. The first-order chi connectivity index (χ1) is 12.4. The largest absolute Gasteiger partial charge is 0.423 e. The summed E-state index contributed by atoms with van der Waals surface area (Å²) >= 11 is 0. The predicted molar refractivity (Wildman–Crippen MR) is 93.8 cm³/mol. The van der Waals surface area contributed by atoms with E-state index in [1.165, 1.54) is 6.07 Å². The topological polar surface area (TPSA) is 101 Å². The van der Waals surface area contributed by atoms with Crippen molar-refractivity contribution in [3.05, 3.63) is 45.5 Å². The number of likely N-dealkylation sites (tertiary alicyclic amines) is 1. The Morgan fingerprint density at radius 3 is 2.81 bits per heavy atom. The minimum absolute atomic E-state index is 0.117. The van der Waals surface area contributed by atoms with Gasteiger partial charge in [0.05, 0.1) is 6.10 Å². The van der Waals surface area contributed by atoms with Gasteiger partial charge in [-0.15, -0.1) is 10.2 Å². The van der Waals surface area contributed by atoms with Crippen molar-refractivity contribution in [1.82, 2.24) is 20.1 Å². The number of hydrogen-bond acceptors (Lipinski definition) is 6. The van der Waals surface area contributed by atoms with E-state index in [0.717, 1.165) is 5.69 Å². The number of H-pyrrole nitrogens is 1. The van der Waals surface area contributed by atoms with Crippen molar-refractivity contribution in [2.24, 2.45) is 5.92 Å². The van der Waals surface area contributed by atoms with E-state index in [4.69, 9.17) is 9.15 Å². The van der Waals surface area contributed by atoms with E-state index >= 15 is 0 Å². The Hall–Kier alpha value is -2.48. The van der Waals surface area contributed by atoms with Crippen molar-refractivity contribution in [1.29, 1.82) is 0 Å². The van der Waals surface area contributed by atoms with Crippen molar-refractivity contribution in [3.8, 4) is 0 Å². The van der Waals surface area contributed by atoms with E-state index in [0.29, 0.717) is 42.6 Å². The molecule has 0 saturated carbocycles. The monoisotopic (exact) mass is 360 g/mol. The first kappa shape index (κ1) is 18.3. The number of ether oxygens (including phenoxy) is 1. The number of hydrogen-bond donors (Lipinski definition) is 1. The van der Waals surface area contributed by atoms with Crippen LogP contribution in [0.5, 0.6) is 0 Å². The molecule has 3 rings (SSSR count). The highest BCUT2D eigenvalue weighted by atomic mass is 16.5. The number of methoxy groups -OCH3 is 1. The van der Waals surface area contributed by atoms with Crippen LogP contribution in [0.1, 0.15) is 54.1 Å². The molecule has 2 atom stereocenters. The van der Waals surface area contributed by atoms with Crippen LogP contribution in [0.4, 0.5) is 0 Å². The Bertz CT molecular complexity index is 842. The normalized spacial score (nSPS) is 20.1. The van der Waals surface area contributed by atoms with Gasteiger partial charge in [0.25, 0.3) is 5.91 Å². The number of nitrogens with zero attached hydrogens (tertiary/aromatic N) is 3. The lowest BCUT2D eigenvalue weighted by Gasteiger charge is -2.22. The van der Waals surface area contributed by atoms with Crippen LogP contribution < -0.4 is 5.56 Å². The van der Waals surface area contributed by atoms with Gasteiger partial charge in [-0.3, -0.25) is 9.59 Å². The molecule has 0 aliphatic carbocycles. The second kappa shape index (κ2) is 7.41. The van der Waals surface area contributed by atoms with E-state index in [-0.39, 0.29) is 23.6 Å². The minimum atomic E-state index is -0.360. The number of carbonyl (C=O) groups excluding carboxylic acids is 1. The van der Waals surface area contributed by atoms with Crippen molar-refractivity contribution in [3.63, 3.8) is 0 Å². The average molecular weight is 360 g/mol. The lowest BCUT2D eigenvalue weighted by Crippen LogP contribution is -2.33. The summed E-state index contributed by atoms with van der Waals surface area (Å²) in [4.78, 5) is 29.6. The molecule has 1 saturated heterocycles. The number of aromatic nitrogens is 3. The van der Waals surface area contributed by atoms with Crippen molar-refractivity contribution in [2.75, 3.05) is 13.7 Å². The second-order valence-electron chi connectivity index (χ2n) is 7.08. The van der Waals surface area contributed by atoms with Crippen LogP contribution in [0, 0.1) is 12.8 Å². The molecule has 3 heterocycles. The second-order valence-corrected chi connectivity index (χ2v) is 7.08. The molecule has 1 N–H and O–H groups in total. The minimum Gasteiger partial charge on any atom is -0.423 e. The third-order valence-corrected chi connectivity index (χ3v) is 4.46. The fourth-order valence-corrected chi connectivity index (χ4v) is 3.31. The van der Waals surface area contributed by atoms with Crippen molar-refractivity contribution in [2.45, 2.75) is 45.8 Å². The van der Waals surface area contributed by atoms with Gasteiger partial charge in [0.15, 0.2) is 0 Å². The molecule has 140 valence electrons. The molecule has 0 radical (unpaired) electrons. The van der Waals surface area contributed by atoms with Gasteiger partial charge >= 0.3 is 0 Å². The molecule has 8 heteroatoms. The summed E-state index contributed by atoms with van der Waals surface area (Å²) in [6.07, 6.45) is 1.16. The number of carbonyl (C=O) groups is 1. The average Bonchev–Trinajstić information content (AvgIpc) is 3.18. The molecular weight excluding hydrogens is 336 g/mol. The van der Waals surface area contributed by atoms with Gasteiger partial charge < -0.3 is 19.0 Å². The van der Waals surface area contributed by atoms with Crippen LogP contribution in [0.2, 0.25) is 0 Å². The Morgan fingerprint density at radius 1 is 1.42 bits per heavy atom. The smallest absolute Gasteiger partial charge is 0.254 e. The zero-order chi connectivity index (χ0) is 18.8. The molecule has 0 aromatic carbocycles. The molecule has 1 aliphatic heterocycles. The zero-order valence-corrected chi connectivity index (χ0v) is 15.5. The summed E-state index contributed by atoms with van der Waals surface area (Å²) in [6, 6.07) is 2.73. The Labute approximate surface area is 151 Å². The number of amides is 1. The summed E-state index contributed by atoms with van der Waals surface area (Å²) in [6.45, 7) is 6.24. The fraction of sp³-hybridized carbons (Fsp3) is 0.556. The number of aromatic amines is 1. The standard InChI is InChI=1S/C18H24N4O4/c1-10(2)5-13-6-12(7-16(23)19-13)18(24)22-9-14(25-4)8-15(22)17-21-20-11(3)26-17/h6-7,10,14-15H,5,8-9H2,1-4H3,(H,19,23)/t14-,15+/m0/s1. The van der Waals surface area contributed by atoms with E-state index in [2.05, 4.69) is 29.0 Å². The van der Waals surface area contributed by atoms with Gasteiger partial charge in [-0.1, -0.05) is 13.8 Å². The van der Waals surface area contributed by atoms with E-state index in [1.807, 2.05) is 0 Å². The lowest BCUT2D eigenvalue weighted by molar-refractivity contribution is 0.0673. The number of nitrogens with one attached hydrogen (secondary N) is 1. The maximum absolute atomic E-state index is 13.1. The zero-order valence-electron chi connectivity index (χ0n) is 15.5. The first-order valence-corrected chi connectivity index (χ1v) is 8.74. The summed E-state index contributed by atoms with van der Waals surface area (Å²) in [5, 5.41) is 7.92. The molecule has 2 aromatic heterocycles. The molecule has 0 unspecified atom stereocenters. The highest BCUT2D eigenvalue weighted by Gasteiger charge is 2.39. The molecule has 0 bridgehead atoms.